The molecule has 0 aliphatic heterocycles. The number of carbonyl (C=O) groups excluding carboxylic acids is 2. The van der Waals surface area contributed by atoms with E-state index in [1.807, 2.05) is 0 Å². The zero-order valence-electron chi connectivity index (χ0n) is 8.88. The first-order chi connectivity index (χ1) is 7.63. The highest BCUT2D eigenvalue weighted by atomic mass is 16.5. The summed E-state index contributed by atoms with van der Waals surface area (Å²) in [5.41, 5.74) is 0.636. The molecule has 0 atom stereocenters. The summed E-state index contributed by atoms with van der Waals surface area (Å²) in [7, 11) is 1.25. The van der Waals surface area contributed by atoms with Crippen LogP contribution in [0.15, 0.2) is 30.3 Å². The van der Waals surface area contributed by atoms with Gasteiger partial charge in [-0.15, -0.1) is 0 Å². The summed E-state index contributed by atoms with van der Waals surface area (Å²) in [6.07, 6.45) is 0. The Labute approximate surface area is 93.2 Å². The van der Waals surface area contributed by atoms with Crippen LogP contribution >= 0.6 is 0 Å². The summed E-state index contributed by atoms with van der Waals surface area (Å²) in [6.45, 7) is -0.465. The van der Waals surface area contributed by atoms with Crippen LogP contribution in [0.3, 0.4) is 0 Å². The minimum absolute atomic E-state index is 0.117. The molecule has 0 aromatic heterocycles. The van der Waals surface area contributed by atoms with Gasteiger partial charge in [0.2, 0.25) is 0 Å². The van der Waals surface area contributed by atoms with E-state index >= 15 is 0 Å². The Balaban J connectivity index is 2.79. The lowest BCUT2D eigenvalue weighted by atomic mass is 10.3. The van der Waals surface area contributed by atoms with Gasteiger partial charge in [-0.1, -0.05) is 18.2 Å². The highest BCUT2D eigenvalue weighted by Gasteiger charge is 2.11. The number of ether oxygens (including phenoxy) is 1. The SMILES string of the molecule is COC(=O)CN(CC(=O)[O-])c1ccccc1. The van der Waals surface area contributed by atoms with Gasteiger partial charge in [0.15, 0.2) is 0 Å². The molecule has 1 aromatic rings. The van der Waals surface area contributed by atoms with Crippen molar-refractivity contribution in [1.29, 1.82) is 0 Å². The van der Waals surface area contributed by atoms with Crippen molar-refractivity contribution in [2.45, 2.75) is 0 Å². The fourth-order valence-corrected chi connectivity index (χ4v) is 1.25. The van der Waals surface area contributed by atoms with E-state index in [2.05, 4.69) is 4.74 Å². The second kappa shape index (κ2) is 5.75. The lowest BCUT2D eigenvalue weighted by Gasteiger charge is -2.23. The van der Waals surface area contributed by atoms with E-state index in [1.54, 1.807) is 30.3 Å². The first-order valence-electron chi connectivity index (χ1n) is 4.70. The average Bonchev–Trinajstić information content (AvgIpc) is 2.28. The molecule has 5 nitrogen and oxygen atoms in total. The van der Waals surface area contributed by atoms with Crippen molar-refractivity contribution in [2.24, 2.45) is 0 Å². The number of benzene rings is 1. The number of carboxylic acid groups (broad SMARTS) is 1. The fraction of sp³-hybridized carbons (Fsp3) is 0.273. The maximum absolute atomic E-state index is 11.1. The normalized spacial score (nSPS) is 9.56. The maximum atomic E-state index is 11.1. The van der Waals surface area contributed by atoms with Gasteiger partial charge < -0.3 is 19.5 Å². The predicted molar refractivity (Wildman–Crippen MR) is 55.7 cm³/mol. The number of esters is 1. The van der Waals surface area contributed by atoms with E-state index in [4.69, 9.17) is 0 Å². The minimum atomic E-state index is -1.24. The molecule has 5 heteroatoms. The molecule has 0 radical (unpaired) electrons. The van der Waals surface area contributed by atoms with Crippen molar-refractivity contribution in [2.75, 3.05) is 25.1 Å². The van der Waals surface area contributed by atoms with Crippen LogP contribution in [0.1, 0.15) is 0 Å². The molecule has 0 fully saturated rings. The Kier molecular flexibility index (Phi) is 4.32. The molecular weight excluding hydrogens is 210 g/mol. The van der Waals surface area contributed by atoms with Crippen LogP contribution in [0.2, 0.25) is 0 Å². The standard InChI is InChI=1S/C11H13NO4/c1-16-11(15)8-12(7-10(13)14)9-5-3-2-4-6-9/h2-6H,7-8H2,1H3,(H,13,14)/p-1. The number of nitrogens with zero attached hydrogens (tertiary/aromatic N) is 1. The Bertz CT molecular complexity index is 364. The van der Waals surface area contributed by atoms with Gasteiger partial charge >= 0.3 is 5.97 Å². The molecule has 86 valence electrons. The van der Waals surface area contributed by atoms with Gasteiger partial charge in [0, 0.05) is 5.69 Å². The zero-order valence-corrected chi connectivity index (χ0v) is 8.88. The van der Waals surface area contributed by atoms with Crippen molar-refractivity contribution >= 4 is 17.6 Å². The third-order valence-electron chi connectivity index (χ3n) is 1.99. The van der Waals surface area contributed by atoms with Gasteiger partial charge in [-0.25, -0.2) is 0 Å². The Hall–Kier alpha value is -2.04. The number of methoxy groups -OCH3 is 1. The maximum Gasteiger partial charge on any atom is 0.325 e. The van der Waals surface area contributed by atoms with Gasteiger partial charge in [0.1, 0.15) is 6.54 Å². The number of anilines is 1. The molecule has 0 amide bonds. The zero-order chi connectivity index (χ0) is 12.0. The smallest absolute Gasteiger partial charge is 0.325 e. The number of para-hydroxylation sites is 1. The first kappa shape index (κ1) is 12.0. The molecule has 0 heterocycles. The van der Waals surface area contributed by atoms with Gasteiger partial charge in [0.25, 0.3) is 0 Å². The topological polar surface area (TPSA) is 69.7 Å². The molecule has 0 unspecified atom stereocenters. The average molecular weight is 222 g/mol. The van der Waals surface area contributed by atoms with Gasteiger partial charge in [0.05, 0.1) is 19.6 Å². The predicted octanol–water partition coefficient (Wildman–Crippen LogP) is -0.584. The molecule has 16 heavy (non-hydrogen) atoms. The number of carbonyl (C=O) groups is 2. The van der Waals surface area contributed by atoms with Crippen LogP contribution in [-0.2, 0) is 14.3 Å². The van der Waals surface area contributed by atoms with Crippen LogP contribution in [0, 0.1) is 0 Å². The van der Waals surface area contributed by atoms with E-state index in [1.165, 1.54) is 12.0 Å². The Morgan fingerprint density at radius 1 is 1.25 bits per heavy atom. The number of rotatable bonds is 5. The molecule has 1 rings (SSSR count). The quantitative estimate of drug-likeness (QED) is 0.623. The lowest BCUT2D eigenvalue weighted by Crippen LogP contribution is -2.41. The molecule has 0 saturated carbocycles. The summed E-state index contributed by atoms with van der Waals surface area (Å²) in [5, 5.41) is 10.5. The Morgan fingerprint density at radius 2 is 1.88 bits per heavy atom. The van der Waals surface area contributed by atoms with Crippen LogP contribution in [0.25, 0.3) is 0 Å². The summed E-state index contributed by atoms with van der Waals surface area (Å²) in [4.78, 5) is 23.0. The number of hydrogen-bond donors (Lipinski definition) is 0. The highest BCUT2D eigenvalue weighted by molar-refractivity contribution is 5.79. The first-order valence-corrected chi connectivity index (χ1v) is 4.70. The van der Waals surface area contributed by atoms with Crippen molar-refractivity contribution < 1.29 is 19.4 Å². The van der Waals surface area contributed by atoms with E-state index in [0.29, 0.717) is 5.69 Å². The van der Waals surface area contributed by atoms with E-state index in [-0.39, 0.29) is 13.1 Å². The number of aliphatic carboxylic acids is 1. The van der Waals surface area contributed by atoms with Crippen LogP contribution < -0.4 is 10.0 Å². The Morgan fingerprint density at radius 3 is 2.38 bits per heavy atom. The van der Waals surface area contributed by atoms with Gasteiger partial charge in [-0.3, -0.25) is 4.79 Å². The second-order valence-corrected chi connectivity index (χ2v) is 3.14. The largest absolute Gasteiger partial charge is 0.548 e. The molecule has 0 bridgehead atoms. The second-order valence-electron chi connectivity index (χ2n) is 3.14. The molecular formula is C11H12NO4-. The number of carboxylic acids is 1. The van der Waals surface area contributed by atoms with Crippen molar-refractivity contribution in [3.05, 3.63) is 30.3 Å². The third-order valence-corrected chi connectivity index (χ3v) is 1.99. The summed E-state index contributed by atoms with van der Waals surface area (Å²) < 4.78 is 4.49. The summed E-state index contributed by atoms with van der Waals surface area (Å²) >= 11 is 0. The van der Waals surface area contributed by atoms with Crippen LogP contribution in [-0.4, -0.2) is 32.1 Å². The van der Waals surface area contributed by atoms with Gasteiger partial charge in [-0.05, 0) is 12.1 Å². The highest BCUT2D eigenvalue weighted by Crippen LogP contribution is 2.12. The molecule has 1 aromatic carbocycles. The van der Waals surface area contributed by atoms with E-state index in [0.717, 1.165) is 0 Å². The van der Waals surface area contributed by atoms with Crippen molar-refractivity contribution in [3.63, 3.8) is 0 Å². The monoisotopic (exact) mass is 222 g/mol. The third kappa shape index (κ3) is 3.61. The van der Waals surface area contributed by atoms with Gasteiger partial charge in [-0.2, -0.15) is 0 Å². The molecule has 0 aliphatic carbocycles. The summed E-state index contributed by atoms with van der Waals surface area (Å²) in [5.74, 6) is -1.74. The van der Waals surface area contributed by atoms with E-state index in [9.17, 15) is 14.7 Å². The van der Waals surface area contributed by atoms with Crippen molar-refractivity contribution in [3.8, 4) is 0 Å². The minimum Gasteiger partial charge on any atom is -0.548 e. The van der Waals surface area contributed by atoms with Crippen LogP contribution in [0.5, 0.6) is 0 Å². The van der Waals surface area contributed by atoms with Crippen LogP contribution in [0.4, 0.5) is 5.69 Å². The molecule has 0 spiro atoms. The molecule has 0 aliphatic rings. The molecule has 0 saturated heterocycles. The lowest BCUT2D eigenvalue weighted by molar-refractivity contribution is -0.303. The fourth-order valence-electron chi connectivity index (χ4n) is 1.25. The number of hydrogen-bond acceptors (Lipinski definition) is 5. The van der Waals surface area contributed by atoms with Crippen molar-refractivity contribution in [1.82, 2.24) is 0 Å². The molecule has 0 N–H and O–H groups in total. The van der Waals surface area contributed by atoms with E-state index < -0.39 is 11.9 Å². The summed E-state index contributed by atoms with van der Waals surface area (Å²) in [6, 6.07) is 8.75.